The molecule has 156 valence electrons. The predicted molar refractivity (Wildman–Crippen MR) is 112 cm³/mol. The molecule has 0 aliphatic carbocycles. The normalized spacial score (nSPS) is 11.3. The minimum atomic E-state index is -3.86. The van der Waals surface area contributed by atoms with Gasteiger partial charge in [0.05, 0.1) is 10.6 Å². The van der Waals surface area contributed by atoms with Gasteiger partial charge in [-0.2, -0.15) is 4.31 Å². The van der Waals surface area contributed by atoms with Crippen LogP contribution < -0.4 is 5.32 Å². The fourth-order valence-electron chi connectivity index (χ4n) is 2.51. The topological polar surface area (TPSA) is 92.8 Å². The van der Waals surface area contributed by atoms with Gasteiger partial charge in [0.15, 0.2) is 6.61 Å². The SMILES string of the molecule is CCN(CC)S(=O)(=O)c1cc(C(=O)OCC(=O)Nc2cccc(Cl)c2)ccc1Cl. The lowest BCUT2D eigenvalue weighted by molar-refractivity contribution is -0.119. The molecule has 0 fully saturated rings. The third kappa shape index (κ3) is 5.93. The standard InChI is InChI=1S/C19H20Cl2N2O5S/c1-3-23(4-2)29(26,27)17-10-13(8-9-16(17)21)19(25)28-12-18(24)22-15-7-5-6-14(20)11-15/h5-11H,3-4,12H2,1-2H3,(H,22,24). The van der Waals surface area contributed by atoms with Crippen molar-refractivity contribution in [2.75, 3.05) is 25.0 Å². The molecule has 29 heavy (non-hydrogen) atoms. The number of anilines is 1. The van der Waals surface area contributed by atoms with Gasteiger partial charge < -0.3 is 10.1 Å². The van der Waals surface area contributed by atoms with Gasteiger partial charge in [-0.1, -0.05) is 43.1 Å². The molecule has 10 heteroatoms. The van der Waals surface area contributed by atoms with Crippen molar-refractivity contribution in [1.29, 1.82) is 0 Å². The van der Waals surface area contributed by atoms with Crippen LogP contribution in [0.4, 0.5) is 5.69 Å². The highest BCUT2D eigenvalue weighted by molar-refractivity contribution is 7.89. The number of ether oxygens (including phenoxy) is 1. The monoisotopic (exact) mass is 458 g/mol. The quantitative estimate of drug-likeness (QED) is 0.606. The van der Waals surface area contributed by atoms with E-state index in [4.69, 9.17) is 27.9 Å². The second-order valence-corrected chi connectivity index (χ2v) is 8.62. The zero-order valence-electron chi connectivity index (χ0n) is 15.8. The number of hydrogen-bond donors (Lipinski definition) is 1. The number of nitrogens with zero attached hydrogens (tertiary/aromatic N) is 1. The Morgan fingerprint density at radius 1 is 1.07 bits per heavy atom. The summed E-state index contributed by atoms with van der Waals surface area (Å²) < 4.78 is 31.6. The van der Waals surface area contributed by atoms with Crippen LogP contribution in [0.5, 0.6) is 0 Å². The second kappa shape index (κ2) is 10.1. The lowest BCUT2D eigenvalue weighted by Gasteiger charge is -2.19. The van der Waals surface area contributed by atoms with Crippen LogP contribution in [-0.2, 0) is 19.6 Å². The summed E-state index contributed by atoms with van der Waals surface area (Å²) in [4.78, 5) is 24.0. The van der Waals surface area contributed by atoms with Crippen LogP contribution in [0, 0.1) is 0 Å². The summed E-state index contributed by atoms with van der Waals surface area (Å²) >= 11 is 11.9. The van der Waals surface area contributed by atoms with Gasteiger partial charge in [-0.25, -0.2) is 13.2 Å². The van der Waals surface area contributed by atoms with Crippen molar-refractivity contribution >= 4 is 50.8 Å². The van der Waals surface area contributed by atoms with Gasteiger partial charge >= 0.3 is 5.97 Å². The number of hydrogen-bond acceptors (Lipinski definition) is 5. The number of esters is 1. The Labute approximate surface area is 179 Å². The molecule has 2 aromatic rings. The first-order valence-electron chi connectivity index (χ1n) is 8.71. The molecule has 0 bridgehead atoms. The van der Waals surface area contributed by atoms with E-state index in [-0.39, 0.29) is 28.6 Å². The Hall–Kier alpha value is -2.13. The number of nitrogens with one attached hydrogen (secondary N) is 1. The van der Waals surface area contributed by atoms with E-state index in [1.807, 2.05) is 0 Å². The average molecular weight is 459 g/mol. The predicted octanol–water partition coefficient (Wildman–Crippen LogP) is 3.82. The molecule has 2 aromatic carbocycles. The minimum absolute atomic E-state index is 0.00727. The Morgan fingerprint density at radius 2 is 1.76 bits per heavy atom. The van der Waals surface area contributed by atoms with Crippen LogP contribution in [0.15, 0.2) is 47.4 Å². The number of benzene rings is 2. The maximum atomic E-state index is 12.7. The number of rotatable bonds is 8. The second-order valence-electron chi connectivity index (χ2n) is 5.87. The third-order valence-electron chi connectivity index (χ3n) is 3.93. The number of amides is 1. The molecule has 0 aliphatic rings. The van der Waals surface area contributed by atoms with Crippen molar-refractivity contribution in [1.82, 2.24) is 4.31 Å². The van der Waals surface area contributed by atoms with E-state index >= 15 is 0 Å². The third-order valence-corrected chi connectivity index (χ3v) is 6.70. The molecule has 0 heterocycles. The van der Waals surface area contributed by atoms with Gasteiger partial charge in [0.25, 0.3) is 5.91 Å². The van der Waals surface area contributed by atoms with Gasteiger partial charge in [-0.05, 0) is 36.4 Å². The summed E-state index contributed by atoms with van der Waals surface area (Å²) in [5.41, 5.74) is 0.424. The molecule has 0 spiro atoms. The first-order chi connectivity index (χ1) is 13.7. The van der Waals surface area contributed by atoms with Gasteiger partial charge in [0.2, 0.25) is 10.0 Å². The van der Waals surface area contributed by atoms with Crippen molar-refractivity contribution in [3.8, 4) is 0 Å². The van der Waals surface area contributed by atoms with Gasteiger partial charge in [0.1, 0.15) is 4.90 Å². The zero-order valence-corrected chi connectivity index (χ0v) is 18.1. The van der Waals surface area contributed by atoms with E-state index in [1.54, 1.807) is 38.1 Å². The van der Waals surface area contributed by atoms with Crippen LogP contribution in [0.3, 0.4) is 0 Å². The molecule has 1 N–H and O–H groups in total. The van der Waals surface area contributed by atoms with Crippen molar-refractivity contribution in [3.63, 3.8) is 0 Å². The molecule has 0 radical (unpaired) electrons. The van der Waals surface area contributed by atoms with Crippen LogP contribution in [0.1, 0.15) is 24.2 Å². The van der Waals surface area contributed by atoms with Crippen LogP contribution in [0.2, 0.25) is 10.0 Å². The van der Waals surface area contributed by atoms with Gasteiger partial charge in [-0.15, -0.1) is 0 Å². The molecular weight excluding hydrogens is 439 g/mol. The molecule has 0 saturated heterocycles. The highest BCUT2D eigenvalue weighted by Gasteiger charge is 2.26. The highest BCUT2D eigenvalue weighted by Crippen LogP contribution is 2.26. The summed E-state index contributed by atoms with van der Waals surface area (Å²) in [6, 6.07) is 10.3. The van der Waals surface area contributed by atoms with Crippen molar-refractivity contribution in [3.05, 3.63) is 58.1 Å². The zero-order chi connectivity index (χ0) is 21.6. The molecule has 0 aromatic heterocycles. The maximum Gasteiger partial charge on any atom is 0.338 e. The molecule has 0 saturated carbocycles. The molecule has 2 rings (SSSR count). The Bertz CT molecular complexity index is 1010. The van der Waals surface area contributed by atoms with Gasteiger partial charge in [-0.3, -0.25) is 4.79 Å². The molecule has 0 atom stereocenters. The summed E-state index contributed by atoms with van der Waals surface area (Å²) in [7, 11) is -3.86. The minimum Gasteiger partial charge on any atom is -0.452 e. The van der Waals surface area contributed by atoms with Gasteiger partial charge in [0, 0.05) is 23.8 Å². The first-order valence-corrected chi connectivity index (χ1v) is 10.9. The van der Waals surface area contributed by atoms with E-state index in [1.165, 1.54) is 16.4 Å². The van der Waals surface area contributed by atoms with E-state index in [9.17, 15) is 18.0 Å². The van der Waals surface area contributed by atoms with E-state index in [0.717, 1.165) is 6.07 Å². The fourth-order valence-corrected chi connectivity index (χ4v) is 4.66. The van der Waals surface area contributed by atoms with E-state index in [2.05, 4.69) is 5.32 Å². The Balaban J connectivity index is 2.10. The van der Waals surface area contributed by atoms with Crippen molar-refractivity contribution < 1.29 is 22.7 Å². The Morgan fingerprint density at radius 3 is 2.38 bits per heavy atom. The van der Waals surface area contributed by atoms with E-state index in [0.29, 0.717) is 10.7 Å². The van der Waals surface area contributed by atoms with Crippen LogP contribution in [-0.4, -0.2) is 44.3 Å². The number of halogens is 2. The fraction of sp³-hybridized carbons (Fsp3) is 0.263. The van der Waals surface area contributed by atoms with Crippen LogP contribution >= 0.6 is 23.2 Å². The molecular formula is C19H20Cl2N2O5S. The molecule has 0 aliphatic heterocycles. The maximum absolute atomic E-state index is 12.7. The van der Waals surface area contributed by atoms with Crippen LogP contribution in [0.25, 0.3) is 0 Å². The first kappa shape index (κ1) is 23.2. The summed E-state index contributed by atoms with van der Waals surface area (Å²) in [6.07, 6.45) is 0. The highest BCUT2D eigenvalue weighted by atomic mass is 35.5. The lowest BCUT2D eigenvalue weighted by atomic mass is 10.2. The molecule has 7 nitrogen and oxygen atoms in total. The average Bonchev–Trinajstić information content (AvgIpc) is 2.67. The molecule has 1 amide bonds. The summed E-state index contributed by atoms with van der Waals surface area (Å²) in [6.45, 7) is 3.37. The largest absolute Gasteiger partial charge is 0.452 e. The number of carbonyl (C=O) groups excluding carboxylic acids is 2. The smallest absolute Gasteiger partial charge is 0.338 e. The lowest BCUT2D eigenvalue weighted by Crippen LogP contribution is -2.31. The van der Waals surface area contributed by atoms with Crippen molar-refractivity contribution in [2.45, 2.75) is 18.7 Å². The number of sulfonamides is 1. The van der Waals surface area contributed by atoms with Crippen molar-refractivity contribution in [2.24, 2.45) is 0 Å². The molecule has 0 unspecified atom stereocenters. The number of carbonyl (C=O) groups is 2. The Kier molecular flexibility index (Phi) is 8.04. The van der Waals surface area contributed by atoms with E-state index < -0.39 is 28.5 Å². The summed E-state index contributed by atoms with van der Waals surface area (Å²) in [5, 5.41) is 2.98. The summed E-state index contributed by atoms with van der Waals surface area (Å²) in [5.74, 6) is -1.41.